The summed E-state index contributed by atoms with van der Waals surface area (Å²) in [5.74, 6) is 1.59. The van der Waals surface area contributed by atoms with Gasteiger partial charge in [-0.3, -0.25) is 9.79 Å². The average Bonchev–Trinajstić information content (AvgIpc) is 3.03. The summed E-state index contributed by atoms with van der Waals surface area (Å²) in [5, 5.41) is 9.03. The lowest BCUT2D eigenvalue weighted by Gasteiger charge is -2.12. The molecule has 0 aromatic rings. The van der Waals surface area contributed by atoms with Crippen LogP contribution >= 0.6 is 24.0 Å². The molecule has 1 amide bonds. The summed E-state index contributed by atoms with van der Waals surface area (Å²) >= 11 is 0. The van der Waals surface area contributed by atoms with Crippen molar-refractivity contribution in [2.24, 2.45) is 10.9 Å². The molecule has 1 aliphatic rings. The third-order valence-electron chi connectivity index (χ3n) is 4.07. The van der Waals surface area contributed by atoms with Gasteiger partial charge in [0.2, 0.25) is 5.91 Å². The Kier molecular flexibility index (Phi) is 14.6. The quantitative estimate of drug-likeness (QED) is 0.210. The monoisotopic (exact) mass is 440 g/mol. The number of aliphatic imine (C=N–C) groups is 1. The Balaban J connectivity index is 0.00000484. The highest BCUT2D eigenvalue weighted by atomic mass is 127. The smallest absolute Gasteiger partial charge is 0.239 e. The molecular weight excluding hydrogens is 407 g/mol. The van der Waals surface area contributed by atoms with Gasteiger partial charge in [0, 0.05) is 27.2 Å². The SMILES string of the molecule is CN=C(NCCCCC1CCCC1)NCC(=O)NCCOC.I. The highest BCUT2D eigenvalue weighted by Gasteiger charge is 2.13. The summed E-state index contributed by atoms with van der Waals surface area (Å²) in [6.07, 6.45) is 9.47. The zero-order chi connectivity index (χ0) is 16.0. The number of rotatable bonds is 10. The van der Waals surface area contributed by atoms with Gasteiger partial charge in [-0.2, -0.15) is 0 Å². The number of nitrogens with zero attached hydrogens (tertiary/aromatic N) is 1. The summed E-state index contributed by atoms with van der Waals surface area (Å²) in [5.41, 5.74) is 0. The van der Waals surface area contributed by atoms with Crippen LogP contribution in [0.15, 0.2) is 4.99 Å². The van der Waals surface area contributed by atoms with Gasteiger partial charge in [0.15, 0.2) is 5.96 Å². The molecule has 1 aliphatic carbocycles. The largest absolute Gasteiger partial charge is 0.383 e. The molecule has 23 heavy (non-hydrogen) atoms. The molecule has 0 spiro atoms. The predicted octanol–water partition coefficient (Wildman–Crippen LogP) is 1.89. The molecule has 0 radical (unpaired) electrons. The molecule has 1 rings (SSSR count). The fraction of sp³-hybridized carbons (Fsp3) is 0.875. The first-order valence-corrected chi connectivity index (χ1v) is 8.46. The molecule has 0 bridgehead atoms. The molecule has 136 valence electrons. The first-order chi connectivity index (χ1) is 10.8. The zero-order valence-corrected chi connectivity index (χ0v) is 16.9. The van der Waals surface area contributed by atoms with E-state index >= 15 is 0 Å². The Morgan fingerprint density at radius 3 is 2.52 bits per heavy atom. The Bertz CT molecular complexity index is 334. The molecule has 0 heterocycles. The zero-order valence-electron chi connectivity index (χ0n) is 14.5. The number of hydrogen-bond acceptors (Lipinski definition) is 3. The van der Waals surface area contributed by atoms with E-state index in [1.165, 1.54) is 38.5 Å². The van der Waals surface area contributed by atoms with Crippen LogP contribution in [0.4, 0.5) is 0 Å². The van der Waals surface area contributed by atoms with Gasteiger partial charge in [-0.25, -0.2) is 0 Å². The van der Waals surface area contributed by atoms with Crippen LogP contribution in [0.3, 0.4) is 0 Å². The number of unbranched alkanes of at least 4 members (excludes halogenated alkanes) is 1. The minimum absolute atomic E-state index is 0. The van der Waals surface area contributed by atoms with E-state index in [4.69, 9.17) is 4.74 Å². The van der Waals surface area contributed by atoms with Gasteiger partial charge >= 0.3 is 0 Å². The molecule has 0 aromatic carbocycles. The number of ether oxygens (including phenoxy) is 1. The fourth-order valence-electron chi connectivity index (χ4n) is 2.80. The minimum Gasteiger partial charge on any atom is -0.383 e. The topological polar surface area (TPSA) is 74.8 Å². The molecule has 6 nitrogen and oxygen atoms in total. The van der Waals surface area contributed by atoms with Gasteiger partial charge < -0.3 is 20.7 Å². The molecule has 0 unspecified atom stereocenters. The summed E-state index contributed by atoms with van der Waals surface area (Å²) < 4.78 is 4.88. The predicted molar refractivity (Wildman–Crippen MR) is 105 cm³/mol. The molecule has 0 atom stereocenters. The van der Waals surface area contributed by atoms with Crippen LogP contribution in [0.2, 0.25) is 0 Å². The van der Waals surface area contributed by atoms with E-state index in [0.29, 0.717) is 19.1 Å². The number of carbonyl (C=O) groups is 1. The van der Waals surface area contributed by atoms with Crippen molar-refractivity contribution in [1.29, 1.82) is 0 Å². The van der Waals surface area contributed by atoms with E-state index in [-0.39, 0.29) is 36.4 Å². The molecule has 1 fully saturated rings. The normalized spacial score (nSPS) is 15.1. The van der Waals surface area contributed by atoms with Crippen molar-refractivity contribution >= 4 is 35.8 Å². The van der Waals surface area contributed by atoms with Gasteiger partial charge in [0.05, 0.1) is 13.2 Å². The maximum atomic E-state index is 11.5. The van der Waals surface area contributed by atoms with Gasteiger partial charge in [-0.05, 0) is 12.3 Å². The lowest BCUT2D eigenvalue weighted by atomic mass is 10.0. The Morgan fingerprint density at radius 2 is 1.87 bits per heavy atom. The van der Waals surface area contributed by atoms with Crippen LogP contribution in [0.1, 0.15) is 44.9 Å². The lowest BCUT2D eigenvalue weighted by molar-refractivity contribution is -0.120. The van der Waals surface area contributed by atoms with E-state index < -0.39 is 0 Å². The summed E-state index contributed by atoms with van der Waals surface area (Å²) in [6.45, 7) is 2.19. The number of methoxy groups -OCH3 is 1. The lowest BCUT2D eigenvalue weighted by Crippen LogP contribution is -2.43. The summed E-state index contributed by atoms with van der Waals surface area (Å²) in [4.78, 5) is 15.7. The van der Waals surface area contributed by atoms with Gasteiger partial charge in [0.25, 0.3) is 0 Å². The Labute approximate surface area is 157 Å². The molecule has 0 aromatic heterocycles. The van der Waals surface area contributed by atoms with Crippen molar-refractivity contribution in [2.75, 3.05) is 40.4 Å². The third-order valence-corrected chi connectivity index (χ3v) is 4.07. The number of amides is 1. The number of carbonyl (C=O) groups excluding carboxylic acids is 1. The van der Waals surface area contributed by atoms with E-state index in [9.17, 15) is 4.79 Å². The Morgan fingerprint density at radius 1 is 1.13 bits per heavy atom. The van der Waals surface area contributed by atoms with Crippen molar-refractivity contribution in [3.05, 3.63) is 0 Å². The fourth-order valence-corrected chi connectivity index (χ4v) is 2.80. The highest BCUT2D eigenvalue weighted by molar-refractivity contribution is 14.0. The second-order valence-corrected chi connectivity index (χ2v) is 5.84. The summed E-state index contributed by atoms with van der Waals surface area (Å²) in [6, 6.07) is 0. The second-order valence-electron chi connectivity index (χ2n) is 5.84. The summed E-state index contributed by atoms with van der Waals surface area (Å²) in [7, 11) is 3.33. The number of hydrogen-bond donors (Lipinski definition) is 3. The molecule has 3 N–H and O–H groups in total. The van der Waals surface area contributed by atoms with Crippen molar-refractivity contribution in [1.82, 2.24) is 16.0 Å². The molecule has 0 saturated heterocycles. The van der Waals surface area contributed by atoms with Crippen LogP contribution in [-0.2, 0) is 9.53 Å². The van der Waals surface area contributed by atoms with Crippen molar-refractivity contribution in [3.8, 4) is 0 Å². The van der Waals surface area contributed by atoms with Crippen LogP contribution in [0, 0.1) is 5.92 Å². The van der Waals surface area contributed by atoms with E-state index in [1.54, 1.807) is 14.2 Å². The van der Waals surface area contributed by atoms with Crippen LogP contribution in [0.5, 0.6) is 0 Å². The standard InChI is InChI=1S/C16H32N4O2.HI/c1-17-16(20-13-15(21)18-11-12-22-2)19-10-6-5-9-14-7-3-4-8-14;/h14H,3-13H2,1-2H3,(H,18,21)(H2,17,19,20);1H. The molecule has 7 heteroatoms. The van der Waals surface area contributed by atoms with Gasteiger partial charge in [-0.15, -0.1) is 24.0 Å². The van der Waals surface area contributed by atoms with E-state index in [1.807, 2.05) is 0 Å². The first-order valence-electron chi connectivity index (χ1n) is 8.46. The van der Waals surface area contributed by atoms with Crippen LogP contribution in [-0.4, -0.2) is 52.3 Å². The van der Waals surface area contributed by atoms with Crippen molar-refractivity contribution in [2.45, 2.75) is 44.9 Å². The van der Waals surface area contributed by atoms with E-state index in [2.05, 4.69) is 20.9 Å². The van der Waals surface area contributed by atoms with E-state index in [0.717, 1.165) is 18.9 Å². The third kappa shape index (κ3) is 11.6. The molecule has 1 saturated carbocycles. The second kappa shape index (κ2) is 15.0. The van der Waals surface area contributed by atoms with Gasteiger partial charge in [0.1, 0.15) is 0 Å². The number of nitrogens with one attached hydrogen (secondary N) is 3. The number of guanidine groups is 1. The van der Waals surface area contributed by atoms with Crippen LogP contribution < -0.4 is 16.0 Å². The maximum Gasteiger partial charge on any atom is 0.239 e. The van der Waals surface area contributed by atoms with Crippen molar-refractivity contribution < 1.29 is 9.53 Å². The average molecular weight is 440 g/mol. The van der Waals surface area contributed by atoms with Crippen molar-refractivity contribution in [3.63, 3.8) is 0 Å². The molecular formula is C16H33IN4O2. The molecule has 0 aliphatic heterocycles. The number of halogens is 1. The Hall–Kier alpha value is -0.570. The van der Waals surface area contributed by atoms with Gasteiger partial charge in [-0.1, -0.05) is 38.5 Å². The first kappa shape index (κ1) is 22.4. The minimum atomic E-state index is -0.0544. The maximum absolute atomic E-state index is 11.5. The highest BCUT2D eigenvalue weighted by Crippen LogP contribution is 2.28. The van der Waals surface area contributed by atoms with Crippen LogP contribution in [0.25, 0.3) is 0 Å².